The number of carbonyl (C=O) groups excluding carboxylic acids is 1. The third-order valence-electron chi connectivity index (χ3n) is 8.28. The van der Waals surface area contributed by atoms with Crippen molar-refractivity contribution < 1.29 is 54.4 Å². The average Bonchev–Trinajstić information content (AvgIpc) is 2.81. The monoisotopic (exact) mass is 549 g/mol. The number of rotatable bonds is 6. The molecule has 12 nitrogen and oxygen atoms in total. The van der Waals surface area contributed by atoms with Gasteiger partial charge in [-0.25, -0.2) is 0 Å². The van der Waals surface area contributed by atoms with Gasteiger partial charge in [-0.05, 0) is 39.0 Å². The van der Waals surface area contributed by atoms with Gasteiger partial charge in [0.1, 0.15) is 29.8 Å². The largest absolute Gasteiger partial charge is 0.460 e. The van der Waals surface area contributed by atoms with E-state index in [0.717, 1.165) is 0 Å². The zero-order valence-electron chi connectivity index (χ0n) is 23.1. The number of hydrogen-bond acceptors (Lipinski definition) is 12. The third-order valence-corrected chi connectivity index (χ3v) is 8.28. The van der Waals surface area contributed by atoms with Crippen LogP contribution < -0.4 is 5.73 Å². The smallest absolute Gasteiger partial charge is 0.315 e. The normalized spacial score (nSPS) is 48.5. The molecule has 3 fully saturated rings. The van der Waals surface area contributed by atoms with Gasteiger partial charge in [0.2, 0.25) is 0 Å². The van der Waals surface area contributed by atoms with Crippen molar-refractivity contribution in [2.75, 3.05) is 13.2 Å². The zero-order valence-corrected chi connectivity index (χ0v) is 23.1. The summed E-state index contributed by atoms with van der Waals surface area (Å²) in [5.41, 5.74) is 4.88. The molecule has 3 rings (SSSR count). The van der Waals surface area contributed by atoms with E-state index in [0.29, 0.717) is 6.42 Å². The highest BCUT2D eigenvalue weighted by molar-refractivity contribution is 5.74. The fraction of sp³-hybridized carbons (Fsp3) is 0.962. The maximum absolute atomic E-state index is 12.9. The minimum atomic E-state index is -1.64. The van der Waals surface area contributed by atoms with Crippen LogP contribution in [0, 0.1) is 29.6 Å². The van der Waals surface area contributed by atoms with E-state index in [1.807, 2.05) is 13.8 Å². The molecular formula is C26H47NO11. The predicted octanol–water partition coefficient (Wildman–Crippen LogP) is -1.49. The van der Waals surface area contributed by atoms with Crippen molar-refractivity contribution in [2.24, 2.45) is 35.3 Å². The summed E-state index contributed by atoms with van der Waals surface area (Å²) in [6.07, 6.45) is -10.9. The van der Waals surface area contributed by atoms with Crippen molar-refractivity contribution in [3.05, 3.63) is 0 Å². The first kappa shape index (κ1) is 31.6. The standard InChI is InChI=1S/C26H47NO11/c1-10-7-11(2)22(20(32)15(10)23-12(3)17(29)19(31)13(8-27)35-23)37-25-21(33)16(18(30)14(9-28)36-25)24(34)38-26(4,5)6/h10-23,25,28-33H,7-9,27H2,1-6H3. The molecule has 12 heteroatoms. The minimum absolute atomic E-state index is 0.00594. The molecule has 1 aliphatic carbocycles. The van der Waals surface area contributed by atoms with Crippen LogP contribution in [-0.4, -0.2) is 117 Å². The Morgan fingerprint density at radius 1 is 0.895 bits per heavy atom. The Labute approximate surface area is 224 Å². The Hall–Kier alpha value is -0.930. The summed E-state index contributed by atoms with van der Waals surface area (Å²) in [4.78, 5) is 12.9. The summed E-state index contributed by atoms with van der Waals surface area (Å²) in [7, 11) is 0. The number of hydrogen-bond donors (Lipinski definition) is 7. The van der Waals surface area contributed by atoms with Gasteiger partial charge in [0.05, 0.1) is 43.2 Å². The van der Waals surface area contributed by atoms with E-state index in [-0.39, 0.29) is 18.4 Å². The van der Waals surface area contributed by atoms with Crippen LogP contribution in [0.4, 0.5) is 0 Å². The van der Waals surface area contributed by atoms with Crippen molar-refractivity contribution in [1.82, 2.24) is 0 Å². The highest BCUT2D eigenvalue weighted by Crippen LogP contribution is 2.44. The number of nitrogens with two attached hydrogens (primary N) is 1. The number of carbonyl (C=O) groups is 1. The van der Waals surface area contributed by atoms with E-state index in [1.165, 1.54) is 0 Å². The minimum Gasteiger partial charge on any atom is -0.460 e. The van der Waals surface area contributed by atoms with Gasteiger partial charge in [0.15, 0.2) is 6.29 Å². The molecule has 8 N–H and O–H groups in total. The lowest BCUT2D eigenvalue weighted by molar-refractivity contribution is -0.322. The second kappa shape index (κ2) is 12.3. The van der Waals surface area contributed by atoms with E-state index in [2.05, 4.69) is 0 Å². The van der Waals surface area contributed by atoms with Gasteiger partial charge in [-0.3, -0.25) is 4.79 Å². The van der Waals surface area contributed by atoms with Crippen LogP contribution in [0.15, 0.2) is 0 Å². The first-order valence-corrected chi connectivity index (χ1v) is 13.5. The van der Waals surface area contributed by atoms with E-state index < -0.39 is 97.2 Å². The number of esters is 1. The number of aliphatic hydroxyl groups is 6. The van der Waals surface area contributed by atoms with Gasteiger partial charge in [0, 0.05) is 18.4 Å². The molecular weight excluding hydrogens is 502 g/mol. The third kappa shape index (κ3) is 6.35. The van der Waals surface area contributed by atoms with Gasteiger partial charge in [-0.1, -0.05) is 20.8 Å². The molecule has 15 unspecified atom stereocenters. The SMILES string of the molecule is CC1CC(C)C(C2OC(CN)C(O)C(O)C2C)C(O)C1OC1OC(CO)C(O)C(C(=O)OC(C)(C)C)C1O. The van der Waals surface area contributed by atoms with Crippen LogP contribution in [0.3, 0.4) is 0 Å². The van der Waals surface area contributed by atoms with E-state index in [4.69, 9.17) is 24.7 Å². The zero-order chi connectivity index (χ0) is 28.7. The number of aliphatic hydroxyl groups excluding tert-OH is 6. The Balaban J connectivity index is 1.84. The first-order chi connectivity index (χ1) is 17.6. The fourth-order valence-electron chi connectivity index (χ4n) is 6.27. The lowest BCUT2D eigenvalue weighted by Gasteiger charge is -2.52. The van der Waals surface area contributed by atoms with E-state index in [1.54, 1.807) is 27.7 Å². The molecule has 38 heavy (non-hydrogen) atoms. The van der Waals surface area contributed by atoms with Crippen LogP contribution in [-0.2, 0) is 23.7 Å². The Morgan fingerprint density at radius 2 is 1.53 bits per heavy atom. The van der Waals surface area contributed by atoms with Crippen molar-refractivity contribution in [3.63, 3.8) is 0 Å². The molecule has 15 atom stereocenters. The van der Waals surface area contributed by atoms with Crippen LogP contribution in [0.5, 0.6) is 0 Å². The molecule has 2 saturated heterocycles. The highest BCUT2D eigenvalue weighted by atomic mass is 16.7. The summed E-state index contributed by atoms with van der Waals surface area (Å²) in [6.45, 7) is 9.91. The summed E-state index contributed by atoms with van der Waals surface area (Å²) in [6, 6.07) is 0. The fourth-order valence-corrected chi connectivity index (χ4v) is 6.27. The van der Waals surface area contributed by atoms with Crippen LogP contribution in [0.1, 0.15) is 48.0 Å². The van der Waals surface area contributed by atoms with Gasteiger partial charge in [-0.15, -0.1) is 0 Å². The lowest BCUT2D eigenvalue weighted by atomic mass is 9.66. The molecule has 3 aliphatic rings. The highest BCUT2D eigenvalue weighted by Gasteiger charge is 2.55. The van der Waals surface area contributed by atoms with Crippen LogP contribution in [0.2, 0.25) is 0 Å². The van der Waals surface area contributed by atoms with Crippen molar-refractivity contribution >= 4 is 5.97 Å². The second-order valence-electron chi connectivity index (χ2n) is 12.3. The topological polar surface area (TPSA) is 201 Å². The van der Waals surface area contributed by atoms with Crippen molar-refractivity contribution in [3.8, 4) is 0 Å². The average molecular weight is 550 g/mol. The van der Waals surface area contributed by atoms with E-state index in [9.17, 15) is 35.4 Å². The molecule has 0 aromatic rings. The Kier molecular flexibility index (Phi) is 10.2. The van der Waals surface area contributed by atoms with Gasteiger partial charge < -0.3 is 55.3 Å². The molecule has 0 spiro atoms. The molecule has 222 valence electrons. The molecule has 2 aliphatic heterocycles. The van der Waals surface area contributed by atoms with E-state index >= 15 is 0 Å². The van der Waals surface area contributed by atoms with Gasteiger partial charge >= 0.3 is 5.97 Å². The van der Waals surface area contributed by atoms with Gasteiger partial charge in [-0.2, -0.15) is 0 Å². The molecule has 0 radical (unpaired) electrons. The van der Waals surface area contributed by atoms with Crippen molar-refractivity contribution in [1.29, 1.82) is 0 Å². The van der Waals surface area contributed by atoms with Crippen molar-refractivity contribution in [2.45, 2.75) is 115 Å². The summed E-state index contributed by atoms with van der Waals surface area (Å²) in [5, 5.41) is 64.0. The maximum Gasteiger partial charge on any atom is 0.315 e. The quantitative estimate of drug-likeness (QED) is 0.189. The summed E-state index contributed by atoms with van der Waals surface area (Å²) in [5.74, 6) is -3.58. The lowest BCUT2D eigenvalue weighted by Crippen LogP contribution is -2.64. The molecule has 2 heterocycles. The molecule has 0 aromatic heterocycles. The van der Waals surface area contributed by atoms with Crippen LogP contribution >= 0.6 is 0 Å². The molecule has 1 saturated carbocycles. The first-order valence-electron chi connectivity index (χ1n) is 13.5. The Bertz CT molecular complexity index is 792. The van der Waals surface area contributed by atoms with Crippen LogP contribution in [0.25, 0.3) is 0 Å². The molecule has 0 aromatic carbocycles. The summed E-state index contributed by atoms with van der Waals surface area (Å²) >= 11 is 0. The second-order valence-corrected chi connectivity index (χ2v) is 12.3. The predicted molar refractivity (Wildman–Crippen MR) is 133 cm³/mol. The maximum atomic E-state index is 12.9. The summed E-state index contributed by atoms with van der Waals surface area (Å²) < 4.78 is 23.2. The molecule has 0 amide bonds. The number of ether oxygens (including phenoxy) is 4. The Morgan fingerprint density at radius 3 is 2.08 bits per heavy atom. The van der Waals surface area contributed by atoms with Gasteiger partial charge in [0.25, 0.3) is 0 Å². The molecule has 0 bridgehead atoms.